The summed E-state index contributed by atoms with van der Waals surface area (Å²) in [7, 11) is 1.65. The van der Waals surface area contributed by atoms with Crippen LogP contribution in [0.3, 0.4) is 0 Å². The number of nitrogens with zero attached hydrogens (tertiary/aromatic N) is 1. The molecule has 1 atom stereocenters. The predicted molar refractivity (Wildman–Crippen MR) is 81.3 cm³/mol. The van der Waals surface area contributed by atoms with Gasteiger partial charge in [0.15, 0.2) is 0 Å². The normalized spacial score (nSPS) is 18.9. The van der Waals surface area contributed by atoms with Crippen molar-refractivity contribution in [2.45, 2.75) is 25.7 Å². The van der Waals surface area contributed by atoms with Crippen molar-refractivity contribution in [1.29, 1.82) is 0 Å². The van der Waals surface area contributed by atoms with Crippen LogP contribution in [-0.2, 0) is 11.2 Å². The molecule has 2 rings (SSSR count). The number of halogens is 1. The van der Waals surface area contributed by atoms with Gasteiger partial charge in [0.1, 0.15) is 5.75 Å². The Labute approximate surface area is 125 Å². The Morgan fingerprint density at radius 2 is 2.15 bits per heavy atom. The zero-order valence-corrected chi connectivity index (χ0v) is 12.7. The van der Waals surface area contributed by atoms with E-state index in [1.165, 1.54) is 5.56 Å². The number of hydrogen-bond donors (Lipinski definition) is 0. The third kappa shape index (κ3) is 4.14. The Balaban J connectivity index is 1.81. The number of piperidine rings is 1. The number of alkyl halides is 1. The van der Waals surface area contributed by atoms with Crippen LogP contribution in [0.15, 0.2) is 24.3 Å². The molecule has 1 heterocycles. The minimum absolute atomic E-state index is 0.246. The van der Waals surface area contributed by atoms with E-state index in [9.17, 15) is 4.79 Å². The first-order chi connectivity index (χ1) is 9.72. The summed E-state index contributed by atoms with van der Waals surface area (Å²) in [5, 5.41) is 0. The number of methoxy groups -OCH3 is 1. The molecule has 1 aliphatic heterocycles. The summed E-state index contributed by atoms with van der Waals surface area (Å²) in [6.45, 7) is 1.71. The summed E-state index contributed by atoms with van der Waals surface area (Å²) in [6.07, 6.45) is 3.57. The van der Waals surface area contributed by atoms with Crippen LogP contribution in [0.5, 0.6) is 5.75 Å². The first-order valence-electron chi connectivity index (χ1n) is 7.19. The maximum Gasteiger partial charge on any atom is 0.222 e. The fourth-order valence-corrected chi connectivity index (χ4v) is 2.87. The van der Waals surface area contributed by atoms with Crippen molar-refractivity contribution in [2.75, 3.05) is 26.1 Å². The van der Waals surface area contributed by atoms with E-state index in [1.54, 1.807) is 7.11 Å². The highest BCUT2D eigenvalue weighted by atomic mass is 35.5. The Hall–Kier alpha value is -1.22. The van der Waals surface area contributed by atoms with Crippen LogP contribution >= 0.6 is 11.6 Å². The summed E-state index contributed by atoms with van der Waals surface area (Å²) in [5.74, 6) is 2.22. The quantitative estimate of drug-likeness (QED) is 0.781. The van der Waals surface area contributed by atoms with Crippen molar-refractivity contribution in [3.63, 3.8) is 0 Å². The van der Waals surface area contributed by atoms with Gasteiger partial charge in [-0.1, -0.05) is 12.1 Å². The molecule has 110 valence electrons. The lowest BCUT2D eigenvalue weighted by Crippen LogP contribution is -2.40. The second-order valence-corrected chi connectivity index (χ2v) is 5.66. The molecule has 1 aliphatic rings. The van der Waals surface area contributed by atoms with E-state index >= 15 is 0 Å². The van der Waals surface area contributed by atoms with Crippen LogP contribution in [-0.4, -0.2) is 36.9 Å². The van der Waals surface area contributed by atoms with Gasteiger partial charge in [-0.2, -0.15) is 0 Å². The number of hydrogen-bond acceptors (Lipinski definition) is 2. The standard InChI is InChI=1S/C16H22ClNO2/c1-20-15-7-4-13(5-8-15)6-9-16(19)18-10-2-3-14(11-17)12-18/h4-5,7-8,14H,2-3,6,9-12H2,1H3. The smallest absolute Gasteiger partial charge is 0.222 e. The van der Waals surface area contributed by atoms with Gasteiger partial charge >= 0.3 is 0 Å². The molecule has 0 aliphatic carbocycles. The molecule has 0 bridgehead atoms. The average molecular weight is 296 g/mol. The molecule has 1 fully saturated rings. The number of likely N-dealkylation sites (tertiary alicyclic amines) is 1. The fraction of sp³-hybridized carbons (Fsp3) is 0.562. The van der Waals surface area contributed by atoms with Crippen LogP contribution in [0.4, 0.5) is 0 Å². The lowest BCUT2D eigenvalue weighted by atomic mass is 9.99. The molecule has 0 N–H and O–H groups in total. The second kappa shape index (κ2) is 7.53. The van der Waals surface area contributed by atoms with Crippen LogP contribution in [0.2, 0.25) is 0 Å². The second-order valence-electron chi connectivity index (χ2n) is 5.35. The Morgan fingerprint density at radius 1 is 1.40 bits per heavy atom. The number of amides is 1. The Kier molecular flexibility index (Phi) is 5.72. The van der Waals surface area contributed by atoms with Gasteiger partial charge in [0.05, 0.1) is 7.11 Å². The third-order valence-electron chi connectivity index (χ3n) is 3.88. The molecule has 20 heavy (non-hydrogen) atoms. The minimum Gasteiger partial charge on any atom is -0.497 e. The molecule has 1 amide bonds. The van der Waals surface area contributed by atoms with Gasteiger partial charge in [-0.3, -0.25) is 4.79 Å². The summed E-state index contributed by atoms with van der Waals surface area (Å²) >= 11 is 5.90. The van der Waals surface area contributed by atoms with E-state index in [0.717, 1.165) is 38.1 Å². The van der Waals surface area contributed by atoms with Gasteiger partial charge in [0.25, 0.3) is 0 Å². The highest BCUT2D eigenvalue weighted by molar-refractivity contribution is 6.18. The number of ether oxygens (including phenoxy) is 1. The van der Waals surface area contributed by atoms with E-state index in [1.807, 2.05) is 29.2 Å². The highest BCUT2D eigenvalue weighted by Gasteiger charge is 2.22. The van der Waals surface area contributed by atoms with Crippen molar-refractivity contribution in [1.82, 2.24) is 4.90 Å². The van der Waals surface area contributed by atoms with E-state index < -0.39 is 0 Å². The van der Waals surface area contributed by atoms with Crippen LogP contribution in [0.25, 0.3) is 0 Å². The molecule has 3 nitrogen and oxygen atoms in total. The zero-order valence-electron chi connectivity index (χ0n) is 12.0. The number of rotatable bonds is 5. The highest BCUT2D eigenvalue weighted by Crippen LogP contribution is 2.19. The SMILES string of the molecule is COc1ccc(CCC(=O)N2CCCC(CCl)C2)cc1. The molecule has 0 saturated carbocycles. The summed E-state index contributed by atoms with van der Waals surface area (Å²) < 4.78 is 5.13. The number of carbonyl (C=O) groups excluding carboxylic acids is 1. The van der Waals surface area contributed by atoms with Crippen LogP contribution in [0, 0.1) is 5.92 Å². The molecule has 1 unspecified atom stereocenters. The first kappa shape index (κ1) is 15.2. The number of benzene rings is 1. The van der Waals surface area contributed by atoms with Crippen LogP contribution in [0.1, 0.15) is 24.8 Å². The summed E-state index contributed by atoms with van der Waals surface area (Å²) in [5.41, 5.74) is 1.17. The summed E-state index contributed by atoms with van der Waals surface area (Å²) in [6, 6.07) is 7.90. The van der Waals surface area contributed by atoms with E-state index in [-0.39, 0.29) is 5.91 Å². The van der Waals surface area contributed by atoms with Gasteiger partial charge in [-0.05, 0) is 42.9 Å². The molecule has 0 radical (unpaired) electrons. The molecular formula is C16H22ClNO2. The van der Waals surface area contributed by atoms with Crippen molar-refractivity contribution >= 4 is 17.5 Å². The topological polar surface area (TPSA) is 29.5 Å². The lowest BCUT2D eigenvalue weighted by molar-refractivity contribution is -0.132. The molecule has 1 saturated heterocycles. The van der Waals surface area contributed by atoms with E-state index in [0.29, 0.717) is 18.2 Å². The third-order valence-corrected chi connectivity index (χ3v) is 4.31. The average Bonchev–Trinajstić information content (AvgIpc) is 2.53. The van der Waals surface area contributed by atoms with Gasteiger partial charge in [-0.25, -0.2) is 0 Å². The molecule has 4 heteroatoms. The van der Waals surface area contributed by atoms with Crippen molar-refractivity contribution in [3.8, 4) is 5.75 Å². The van der Waals surface area contributed by atoms with Gasteiger partial charge in [0, 0.05) is 25.4 Å². The largest absolute Gasteiger partial charge is 0.497 e. The molecule has 1 aromatic carbocycles. The maximum absolute atomic E-state index is 12.2. The van der Waals surface area contributed by atoms with Crippen LogP contribution < -0.4 is 4.74 Å². The molecule has 0 spiro atoms. The molecule has 1 aromatic rings. The van der Waals surface area contributed by atoms with Crippen molar-refractivity contribution < 1.29 is 9.53 Å². The molecular weight excluding hydrogens is 274 g/mol. The van der Waals surface area contributed by atoms with Gasteiger partial charge < -0.3 is 9.64 Å². The van der Waals surface area contributed by atoms with Gasteiger partial charge in [0.2, 0.25) is 5.91 Å². The van der Waals surface area contributed by atoms with Gasteiger partial charge in [-0.15, -0.1) is 11.6 Å². The minimum atomic E-state index is 0.246. The predicted octanol–water partition coefficient (Wildman–Crippen LogP) is 3.11. The lowest BCUT2D eigenvalue weighted by Gasteiger charge is -2.32. The zero-order chi connectivity index (χ0) is 14.4. The molecule has 0 aromatic heterocycles. The number of aryl methyl sites for hydroxylation is 1. The van der Waals surface area contributed by atoms with E-state index in [2.05, 4.69) is 0 Å². The first-order valence-corrected chi connectivity index (χ1v) is 7.73. The van der Waals surface area contributed by atoms with E-state index in [4.69, 9.17) is 16.3 Å². The number of carbonyl (C=O) groups is 1. The monoisotopic (exact) mass is 295 g/mol. The maximum atomic E-state index is 12.2. The summed E-state index contributed by atoms with van der Waals surface area (Å²) in [4.78, 5) is 14.2. The Bertz CT molecular complexity index is 433. The Morgan fingerprint density at radius 3 is 2.80 bits per heavy atom. The van der Waals surface area contributed by atoms with Crippen molar-refractivity contribution in [3.05, 3.63) is 29.8 Å². The fourth-order valence-electron chi connectivity index (χ4n) is 2.62. The van der Waals surface area contributed by atoms with Crippen molar-refractivity contribution in [2.24, 2.45) is 5.92 Å².